The van der Waals surface area contributed by atoms with Gasteiger partial charge in [-0.15, -0.1) is 0 Å². The highest BCUT2D eigenvalue weighted by atomic mass is 16.3. The first-order valence-corrected chi connectivity index (χ1v) is 10.0. The van der Waals surface area contributed by atoms with E-state index in [4.69, 9.17) is 0 Å². The topological polar surface area (TPSA) is 20.2 Å². The summed E-state index contributed by atoms with van der Waals surface area (Å²) in [6.07, 6.45) is 14.7. The third-order valence-electron chi connectivity index (χ3n) is 6.06. The largest absolute Gasteiger partial charge is 0.508 e. The van der Waals surface area contributed by atoms with Gasteiger partial charge in [0.05, 0.1) is 0 Å². The molecule has 25 heavy (non-hydrogen) atoms. The van der Waals surface area contributed by atoms with Crippen molar-refractivity contribution in [3.05, 3.63) is 60.9 Å². The molecule has 1 heteroatoms. The first-order valence-electron chi connectivity index (χ1n) is 10.0. The molecule has 0 spiro atoms. The minimum absolute atomic E-state index is 0.0305. The average Bonchev–Trinajstić information content (AvgIpc) is 3.30. The summed E-state index contributed by atoms with van der Waals surface area (Å²) < 4.78 is 0. The maximum atomic E-state index is 9.18. The molecule has 0 radical (unpaired) electrons. The van der Waals surface area contributed by atoms with Crippen LogP contribution >= 0.6 is 0 Å². The lowest BCUT2D eigenvalue weighted by molar-refractivity contribution is 0.259. The van der Waals surface area contributed by atoms with Crippen molar-refractivity contribution in [3.63, 3.8) is 0 Å². The van der Waals surface area contributed by atoms with E-state index in [2.05, 4.69) is 26.7 Å². The molecule has 3 saturated carbocycles. The molecule has 0 amide bonds. The first-order chi connectivity index (χ1) is 12.0. The summed E-state index contributed by atoms with van der Waals surface area (Å²) in [4.78, 5) is 0. The van der Waals surface area contributed by atoms with Crippen LogP contribution in [0.25, 0.3) is 0 Å². The van der Waals surface area contributed by atoms with Crippen LogP contribution in [0.5, 0.6) is 0 Å². The van der Waals surface area contributed by atoms with Crippen LogP contribution in [0.1, 0.15) is 59.8 Å². The zero-order valence-corrected chi connectivity index (χ0v) is 16.8. The first kappa shape index (κ1) is 21.5. The number of fused-ring (bicyclic) bond motifs is 5. The van der Waals surface area contributed by atoms with E-state index < -0.39 is 0 Å². The van der Waals surface area contributed by atoms with Crippen molar-refractivity contribution < 1.29 is 5.11 Å². The van der Waals surface area contributed by atoms with Gasteiger partial charge in [-0.2, -0.15) is 0 Å². The maximum Gasteiger partial charge on any atom is 0.116 e. The molecule has 3 fully saturated rings. The third-order valence-corrected chi connectivity index (χ3v) is 6.06. The minimum Gasteiger partial charge on any atom is -0.508 e. The molecule has 2 bridgehead atoms. The van der Waals surface area contributed by atoms with E-state index in [1.54, 1.807) is 50.3 Å². The van der Waals surface area contributed by atoms with Gasteiger partial charge in [-0.1, -0.05) is 64.8 Å². The zero-order valence-electron chi connectivity index (χ0n) is 16.8. The normalized spacial score (nSPS) is 32.7. The van der Waals surface area contributed by atoms with E-state index in [0.717, 1.165) is 11.5 Å². The Hall–Kier alpha value is -1.50. The van der Waals surface area contributed by atoms with Crippen LogP contribution in [0.3, 0.4) is 0 Å². The molecule has 0 aromatic carbocycles. The maximum absolute atomic E-state index is 9.18. The molecule has 4 unspecified atom stereocenters. The molecule has 3 rings (SSSR count). The quantitative estimate of drug-likeness (QED) is 0.416. The lowest BCUT2D eigenvalue weighted by atomic mass is 9.82. The van der Waals surface area contributed by atoms with Gasteiger partial charge in [-0.05, 0) is 74.2 Å². The summed E-state index contributed by atoms with van der Waals surface area (Å²) in [6, 6.07) is 0. The fraction of sp³-hybridized carbons (Fsp3) is 0.583. The van der Waals surface area contributed by atoms with Gasteiger partial charge in [-0.3, -0.25) is 0 Å². The molecule has 0 aromatic heterocycles. The SMILES string of the molecule is C=C/C=C(C(=C)O)\C(C=C)=C/C.CC.CC1CC2C3CCC(C3)C2C1. The Kier molecular flexibility index (Phi) is 9.03. The Balaban J connectivity index is 0.000000227. The highest BCUT2D eigenvalue weighted by Crippen LogP contribution is 2.59. The smallest absolute Gasteiger partial charge is 0.116 e. The Morgan fingerprint density at radius 3 is 1.88 bits per heavy atom. The van der Waals surface area contributed by atoms with Gasteiger partial charge in [0.2, 0.25) is 0 Å². The Morgan fingerprint density at radius 2 is 1.52 bits per heavy atom. The van der Waals surface area contributed by atoms with Gasteiger partial charge < -0.3 is 5.11 Å². The molecule has 1 nitrogen and oxygen atoms in total. The van der Waals surface area contributed by atoms with Gasteiger partial charge in [0, 0.05) is 5.57 Å². The monoisotopic (exact) mass is 342 g/mol. The summed E-state index contributed by atoms with van der Waals surface area (Å²) >= 11 is 0. The summed E-state index contributed by atoms with van der Waals surface area (Å²) in [6.45, 7) is 18.9. The van der Waals surface area contributed by atoms with Crippen LogP contribution in [0.15, 0.2) is 60.9 Å². The number of hydrogen-bond donors (Lipinski definition) is 1. The van der Waals surface area contributed by atoms with Crippen molar-refractivity contribution in [2.75, 3.05) is 0 Å². The number of allylic oxidation sites excluding steroid dienone is 5. The highest BCUT2D eigenvalue weighted by Gasteiger charge is 2.50. The Bertz CT molecular complexity index is 504. The average molecular weight is 343 g/mol. The van der Waals surface area contributed by atoms with Crippen molar-refractivity contribution in [2.24, 2.45) is 29.6 Å². The summed E-state index contributed by atoms with van der Waals surface area (Å²) in [5.41, 5.74) is 1.50. The molecule has 140 valence electrons. The number of rotatable bonds is 4. The van der Waals surface area contributed by atoms with Crippen molar-refractivity contribution in [3.8, 4) is 0 Å². The predicted octanol–water partition coefficient (Wildman–Crippen LogP) is 7.41. The lowest BCUT2D eigenvalue weighted by Crippen LogP contribution is -2.15. The highest BCUT2D eigenvalue weighted by molar-refractivity contribution is 5.48. The zero-order chi connectivity index (χ0) is 19.0. The molecule has 0 aliphatic heterocycles. The van der Waals surface area contributed by atoms with E-state index in [1.165, 1.54) is 23.7 Å². The standard InChI is InChI=1S/C11H14O.C11H18.C2H6/c1-5-8-11(9(4)12)10(6-2)7-3;1-7-4-10-8-2-3-9(6-8)11(10)5-7;1-2/h5-8,12H,1-2,4H2,3H3;7-11H,2-6H2,1H3;1-2H3/b10-7-,11-8-;;. The summed E-state index contributed by atoms with van der Waals surface area (Å²) in [5, 5.41) is 9.18. The minimum atomic E-state index is 0.0305. The predicted molar refractivity (Wildman–Crippen MR) is 112 cm³/mol. The van der Waals surface area contributed by atoms with Gasteiger partial charge in [0.25, 0.3) is 0 Å². The number of aliphatic hydroxyl groups is 1. The summed E-state index contributed by atoms with van der Waals surface area (Å²) in [7, 11) is 0. The van der Waals surface area contributed by atoms with E-state index >= 15 is 0 Å². The number of aliphatic hydroxyl groups excluding tert-OH is 1. The molecular formula is C24H38O. The second kappa shape index (κ2) is 10.5. The van der Waals surface area contributed by atoms with Crippen LogP contribution in [0.2, 0.25) is 0 Å². The van der Waals surface area contributed by atoms with Gasteiger partial charge in [0.1, 0.15) is 5.76 Å². The molecule has 1 N–H and O–H groups in total. The molecular weight excluding hydrogens is 304 g/mol. The second-order valence-electron chi connectivity index (χ2n) is 7.45. The van der Waals surface area contributed by atoms with Crippen LogP contribution in [-0.2, 0) is 0 Å². The number of hydrogen-bond acceptors (Lipinski definition) is 1. The third kappa shape index (κ3) is 5.23. The van der Waals surface area contributed by atoms with Gasteiger partial charge in [-0.25, -0.2) is 0 Å². The van der Waals surface area contributed by atoms with Crippen molar-refractivity contribution >= 4 is 0 Å². The van der Waals surface area contributed by atoms with Crippen LogP contribution in [0, 0.1) is 29.6 Å². The Morgan fingerprint density at radius 1 is 1.00 bits per heavy atom. The Labute approximate surface area is 155 Å². The van der Waals surface area contributed by atoms with Crippen molar-refractivity contribution in [1.29, 1.82) is 0 Å². The van der Waals surface area contributed by atoms with Crippen LogP contribution < -0.4 is 0 Å². The van der Waals surface area contributed by atoms with Crippen molar-refractivity contribution in [1.82, 2.24) is 0 Å². The molecule has 0 aromatic rings. The summed E-state index contributed by atoms with van der Waals surface area (Å²) in [5.74, 6) is 5.81. The lowest BCUT2D eigenvalue weighted by Gasteiger charge is -2.23. The van der Waals surface area contributed by atoms with E-state index in [-0.39, 0.29) is 5.76 Å². The van der Waals surface area contributed by atoms with Crippen LogP contribution in [0.4, 0.5) is 0 Å². The molecule has 3 aliphatic carbocycles. The molecule has 3 aliphatic rings. The van der Waals surface area contributed by atoms with Gasteiger partial charge >= 0.3 is 0 Å². The van der Waals surface area contributed by atoms with Crippen LogP contribution in [-0.4, -0.2) is 5.11 Å². The fourth-order valence-corrected chi connectivity index (χ4v) is 5.15. The van der Waals surface area contributed by atoms with E-state index in [0.29, 0.717) is 5.57 Å². The van der Waals surface area contributed by atoms with Gasteiger partial charge in [0.15, 0.2) is 0 Å². The van der Waals surface area contributed by atoms with E-state index in [9.17, 15) is 5.11 Å². The fourth-order valence-electron chi connectivity index (χ4n) is 5.15. The molecule has 0 saturated heterocycles. The molecule has 4 atom stereocenters. The van der Waals surface area contributed by atoms with E-state index in [1.807, 2.05) is 26.8 Å². The van der Waals surface area contributed by atoms with Crippen molar-refractivity contribution in [2.45, 2.75) is 59.8 Å². The molecule has 0 heterocycles. The second-order valence-corrected chi connectivity index (χ2v) is 7.45.